The van der Waals surface area contributed by atoms with Gasteiger partial charge in [0.1, 0.15) is 6.04 Å². The zero-order valence-electron chi connectivity index (χ0n) is 15.8. The molecule has 0 spiro atoms. The lowest BCUT2D eigenvalue weighted by atomic mass is 9.94. The van der Waals surface area contributed by atoms with Crippen LogP contribution in [0, 0.1) is 0 Å². The Morgan fingerprint density at radius 3 is 2.89 bits per heavy atom. The van der Waals surface area contributed by atoms with Gasteiger partial charge in [0.15, 0.2) is 0 Å². The molecular formula is C20H26N4O4. The number of β-amino-alcohol motifs (C(OH)–C–C–N with tert-alkyl or cyclic N) is 1. The van der Waals surface area contributed by atoms with Crippen molar-refractivity contribution in [2.24, 2.45) is 0 Å². The monoisotopic (exact) mass is 386 g/mol. The maximum atomic E-state index is 12.7. The van der Waals surface area contributed by atoms with Gasteiger partial charge < -0.3 is 20.6 Å². The number of nitrogens with zero attached hydrogens (tertiary/aromatic N) is 1. The molecule has 3 aliphatic rings. The first-order valence-electron chi connectivity index (χ1n) is 9.85. The van der Waals surface area contributed by atoms with Gasteiger partial charge in [0, 0.05) is 38.2 Å². The minimum absolute atomic E-state index is 0.161. The van der Waals surface area contributed by atoms with Gasteiger partial charge in [-0.3, -0.25) is 19.7 Å². The Labute approximate surface area is 163 Å². The maximum Gasteiger partial charge on any atom is 0.255 e. The summed E-state index contributed by atoms with van der Waals surface area (Å²) in [5.74, 6) is -0.839. The van der Waals surface area contributed by atoms with Gasteiger partial charge in [-0.05, 0) is 43.0 Å². The molecule has 2 atom stereocenters. The third kappa shape index (κ3) is 3.80. The summed E-state index contributed by atoms with van der Waals surface area (Å²) in [6.07, 6.45) is 2.37. The summed E-state index contributed by atoms with van der Waals surface area (Å²) in [5.41, 5.74) is 1.83. The van der Waals surface area contributed by atoms with Crippen LogP contribution in [-0.4, -0.2) is 59.0 Å². The van der Waals surface area contributed by atoms with Crippen LogP contribution in [0.25, 0.3) is 0 Å². The Kier molecular flexibility index (Phi) is 5.18. The normalized spacial score (nSPS) is 27.7. The zero-order chi connectivity index (χ0) is 19.7. The first-order chi connectivity index (χ1) is 13.5. The predicted octanol–water partition coefficient (Wildman–Crippen LogP) is -0.348. The lowest BCUT2D eigenvalue weighted by molar-refractivity contribution is -0.136. The first-order valence-corrected chi connectivity index (χ1v) is 9.85. The molecule has 150 valence electrons. The van der Waals surface area contributed by atoms with Gasteiger partial charge in [0.25, 0.3) is 5.91 Å². The van der Waals surface area contributed by atoms with Crippen LogP contribution in [0.4, 0.5) is 0 Å². The van der Waals surface area contributed by atoms with Crippen molar-refractivity contribution in [3.63, 3.8) is 0 Å². The molecule has 3 heterocycles. The van der Waals surface area contributed by atoms with Gasteiger partial charge in [0.2, 0.25) is 11.8 Å². The molecular weight excluding hydrogens is 360 g/mol. The van der Waals surface area contributed by atoms with Crippen molar-refractivity contribution in [1.29, 1.82) is 0 Å². The third-order valence-electron chi connectivity index (χ3n) is 5.82. The molecule has 2 fully saturated rings. The number of benzene rings is 1. The van der Waals surface area contributed by atoms with E-state index >= 15 is 0 Å². The number of imide groups is 1. The van der Waals surface area contributed by atoms with E-state index in [2.05, 4.69) is 16.0 Å². The molecule has 4 rings (SSSR count). The van der Waals surface area contributed by atoms with Crippen LogP contribution >= 0.6 is 0 Å². The van der Waals surface area contributed by atoms with Crippen LogP contribution < -0.4 is 16.0 Å². The van der Waals surface area contributed by atoms with Crippen molar-refractivity contribution in [3.05, 3.63) is 34.9 Å². The second-order valence-electron chi connectivity index (χ2n) is 8.00. The largest absolute Gasteiger partial charge is 0.387 e. The second-order valence-corrected chi connectivity index (χ2v) is 8.00. The average Bonchev–Trinajstić information content (AvgIpc) is 2.98. The fourth-order valence-corrected chi connectivity index (χ4v) is 4.28. The molecule has 0 bridgehead atoms. The SMILES string of the molecule is O=C1CCC(N2Cc3cc(CNCC4(O)CCCNC4)ccc3C2=O)C(=O)N1. The summed E-state index contributed by atoms with van der Waals surface area (Å²) >= 11 is 0. The Balaban J connectivity index is 1.38. The topological polar surface area (TPSA) is 111 Å². The van der Waals surface area contributed by atoms with Gasteiger partial charge in [-0.25, -0.2) is 0 Å². The number of rotatable bonds is 5. The molecule has 28 heavy (non-hydrogen) atoms. The van der Waals surface area contributed by atoms with Crippen LogP contribution in [-0.2, 0) is 22.7 Å². The van der Waals surface area contributed by atoms with Crippen LogP contribution in [0.2, 0.25) is 0 Å². The fraction of sp³-hybridized carbons (Fsp3) is 0.550. The number of nitrogens with one attached hydrogen (secondary N) is 3. The lowest BCUT2D eigenvalue weighted by Gasteiger charge is -2.32. The van der Waals surface area contributed by atoms with Gasteiger partial charge in [-0.2, -0.15) is 0 Å². The minimum Gasteiger partial charge on any atom is -0.387 e. The van der Waals surface area contributed by atoms with Crippen LogP contribution in [0.3, 0.4) is 0 Å². The smallest absolute Gasteiger partial charge is 0.255 e. The molecule has 4 N–H and O–H groups in total. The molecule has 1 aromatic rings. The predicted molar refractivity (Wildman–Crippen MR) is 101 cm³/mol. The molecule has 2 saturated heterocycles. The molecule has 0 radical (unpaired) electrons. The number of carbonyl (C=O) groups excluding carboxylic acids is 3. The van der Waals surface area contributed by atoms with Gasteiger partial charge in [-0.1, -0.05) is 12.1 Å². The van der Waals surface area contributed by atoms with E-state index in [-0.39, 0.29) is 18.2 Å². The molecule has 0 aromatic heterocycles. The average molecular weight is 386 g/mol. The van der Waals surface area contributed by atoms with E-state index in [4.69, 9.17) is 0 Å². The molecule has 8 heteroatoms. The Hall–Kier alpha value is -2.29. The van der Waals surface area contributed by atoms with E-state index in [1.807, 2.05) is 12.1 Å². The Morgan fingerprint density at radius 1 is 1.29 bits per heavy atom. The second kappa shape index (κ2) is 7.62. The minimum atomic E-state index is -0.715. The Morgan fingerprint density at radius 2 is 2.14 bits per heavy atom. The number of aliphatic hydroxyl groups is 1. The van der Waals surface area contributed by atoms with Crippen LogP contribution in [0.1, 0.15) is 47.2 Å². The fourth-order valence-electron chi connectivity index (χ4n) is 4.28. The summed E-state index contributed by atoms with van der Waals surface area (Å²) in [6.45, 7) is 3.03. The number of piperidine rings is 2. The molecule has 1 aromatic carbocycles. The van der Waals surface area contributed by atoms with Gasteiger partial charge >= 0.3 is 0 Å². The van der Waals surface area contributed by atoms with Crippen molar-refractivity contribution in [1.82, 2.24) is 20.9 Å². The summed E-state index contributed by atoms with van der Waals surface area (Å²) in [6, 6.07) is 5.10. The molecule has 8 nitrogen and oxygen atoms in total. The van der Waals surface area contributed by atoms with E-state index in [1.54, 1.807) is 11.0 Å². The number of fused-ring (bicyclic) bond motifs is 1. The van der Waals surface area contributed by atoms with Crippen molar-refractivity contribution in [3.8, 4) is 0 Å². The highest BCUT2D eigenvalue weighted by atomic mass is 16.3. The molecule has 3 aliphatic heterocycles. The highest BCUT2D eigenvalue weighted by Gasteiger charge is 2.39. The van der Waals surface area contributed by atoms with Crippen LogP contribution in [0.5, 0.6) is 0 Å². The Bertz CT molecular complexity index is 803. The van der Waals surface area contributed by atoms with E-state index < -0.39 is 17.6 Å². The standard InChI is InChI=1S/C20H26N4O4/c25-17-5-4-16(18(26)23-17)24-10-14-8-13(2-3-15(14)19(24)27)9-22-12-20(28)6-1-7-21-11-20/h2-3,8,16,21-22,28H,1,4-7,9-12H2,(H,23,25,26). The molecule has 0 aliphatic carbocycles. The van der Waals surface area contributed by atoms with E-state index in [1.165, 1.54) is 0 Å². The van der Waals surface area contributed by atoms with Crippen molar-refractivity contribution in [2.45, 2.75) is 50.4 Å². The van der Waals surface area contributed by atoms with E-state index in [0.29, 0.717) is 38.2 Å². The maximum absolute atomic E-state index is 12.7. The third-order valence-corrected chi connectivity index (χ3v) is 5.82. The quantitative estimate of drug-likeness (QED) is 0.515. The summed E-state index contributed by atoms with van der Waals surface area (Å²) < 4.78 is 0. The number of amides is 3. The van der Waals surface area contributed by atoms with Gasteiger partial charge in [-0.15, -0.1) is 0 Å². The first kappa shape index (κ1) is 19.0. The van der Waals surface area contributed by atoms with Crippen molar-refractivity contribution < 1.29 is 19.5 Å². The highest BCUT2D eigenvalue weighted by molar-refractivity contribution is 6.05. The number of hydrogen-bond acceptors (Lipinski definition) is 6. The van der Waals surface area contributed by atoms with Crippen molar-refractivity contribution >= 4 is 17.7 Å². The highest BCUT2D eigenvalue weighted by Crippen LogP contribution is 2.28. The van der Waals surface area contributed by atoms with E-state index in [9.17, 15) is 19.5 Å². The lowest BCUT2D eigenvalue weighted by Crippen LogP contribution is -2.52. The molecule has 3 amide bonds. The van der Waals surface area contributed by atoms with Crippen molar-refractivity contribution in [2.75, 3.05) is 19.6 Å². The van der Waals surface area contributed by atoms with Crippen LogP contribution in [0.15, 0.2) is 18.2 Å². The number of carbonyl (C=O) groups is 3. The molecule has 2 unspecified atom stereocenters. The summed E-state index contributed by atoms with van der Waals surface area (Å²) in [5, 5.41) is 19.4. The van der Waals surface area contributed by atoms with E-state index in [0.717, 1.165) is 30.5 Å². The number of hydrogen-bond donors (Lipinski definition) is 4. The zero-order valence-corrected chi connectivity index (χ0v) is 15.8. The molecule has 0 saturated carbocycles. The van der Waals surface area contributed by atoms with Gasteiger partial charge in [0.05, 0.1) is 5.60 Å². The summed E-state index contributed by atoms with van der Waals surface area (Å²) in [4.78, 5) is 37.7. The summed E-state index contributed by atoms with van der Waals surface area (Å²) in [7, 11) is 0.